The van der Waals surface area contributed by atoms with Gasteiger partial charge in [0.2, 0.25) is 11.9 Å². The maximum absolute atomic E-state index is 11.1. The summed E-state index contributed by atoms with van der Waals surface area (Å²) in [5.41, 5.74) is 0.603. The molecule has 0 unspecified atom stereocenters. The summed E-state index contributed by atoms with van der Waals surface area (Å²) >= 11 is 0. The van der Waals surface area contributed by atoms with Crippen molar-refractivity contribution < 1.29 is 14.7 Å². The van der Waals surface area contributed by atoms with Crippen LogP contribution in [0.15, 0.2) is 18.5 Å². The molecule has 7 nitrogen and oxygen atoms in total. The zero-order valence-corrected chi connectivity index (χ0v) is 10.8. The van der Waals surface area contributed by atoms with Gasteiger partial charge in [0.05, 0.1) is 0 Å². The van der Waals surface area contributed by atoms with Gasteiger partial charge < -0.3 is 15.3 Å². The molecule has 0 aliphatic rings. The molecule has 19 heavy (non-hydrogen) atoms. The molecule has 0 aliphatic heterocycles. The molecule has 1 aromatic heterocycles. The number of carbonyl (C=O) groups is 2. The van der Waals surface area contributed by atoms with Gasteiger partial charge in [-0.2, -0.15) is 0 Å². The summed E-state index contributed by atoms with van der Waals surface area (Å²) in [5.74, 6) is -0.587. The van der Waals surface area contributed by atoms with Crippen LogP contribution in [0.4, 0.5) is 5.95 Å². The lowest BCUT2D eigenvalue weighted by Gasteiger charge is -2.15. The molecule has 0 radical (unpaired) electrons. The highest BCUT2D eigenvalue weighted by molar-refractivity contribution is 5.85. The molecule has 0 aliphatic carbocycles. The number of amides is 1. The fraction of sp³-hybridized carbons (Fsp3) is 0.333. The van der Waals surface area contributed by atoms with Crippen LogP contribution in [-0.4, -0.2) is 47.6 Å². The van der Waals surface area contributed by atoms with Crippen LogP contribution in [0, 0.1) is 0 Å². The van der Waals surface area contributed by atoms with E-state index in [2.05, 4.69) is 15.3 Å². The molecule has 0 saturated carbocycles. The van der Waals surface area contributed by atoms with Crippen molar-refractivity contribution in [1.82, 2.24) is 15.3 Å². The van der Waals surface area contributed by atoms with Gasteiger partial charge in [-0.1, -0.05) is 0 Å². The Hall–Kier alpha value is -2.44. The Balaban J connectivity index is 2.60. The first-order valence-corrected chi connectivity index (χ1v) is 5.67. The average Bonchev–Trinajstić information content (AvgIpc) is 2.42. The molecule has 2 N–H and O–H groups in total. The van der Waals surface area contributed by atoms with Crippen LogP contribution in [0.1, 0.15) is 12.0 Å². The van der Waals surface area contributed by atoms with Gasteiger partial charge in [0.25, 0.3) is 0 Å². The Labute approximate surface area is 111 Å². The Kier molecular flexibility index (Phi) is 5.46. The molecule has 0 spiro atoms. The molecule has 0 bridgehead atoms. The third-order valence-corrected chi connectivity index (χ3v) is 2.37. The van der Waals surface area contributed by atoms with Gasteiger partial charge in [-0.3, -0.25) is 4.79 Å². The molecule has 0 saturated heterocycles. The van der Waals surface area contributed by atoms with Gasteiger partial charge in [-0.15, -0.1) is 0 Å². The summed E-state index contributed by atoms with van der Waals surface area (Å²) in [7, 11) is 3.37. The van der Waals surface area contributed by atoms with Crippen LogP contribution in [0.2, 0.25) is 0 Å². The summed E-state index contributed by atoms with van der Waals surface area (Å²) < 4.78 is 0. The normalized spacial score (nSPS) is 10.4. The number of rotatable bonds is 6. The fourth-order valence-corrected chi connectivity index (χ4v) is 1.28. The summed E-state index contributed by atoms with van der Waals surface area (Å²) in [6.45, 7) is 0.504. The van der Waals surface area contributed by atoms with E-state index in [1.54, 1.807) is 19.0 Å². The number of nitrogens with zero attached hydrogens (tertiary/aromatic N) is 3. The largest absolute Gasteiger partial charge is 0.478 e. The number of carbonyl (C=O) groups excluding carboxylic acids is 1. The van der Waals surface area contributed by atoms with Gasteiger partial charge in [0.15, 0.2) is 0 Å². The first kappa shape index (κ1) is 14.6. The zero-order chi connectivity index (χ0) is 14.3. The Morgan fingerprint density at radius 1 is 1.42 bits per heavy atom. The number of carboxylic acids is 1. The maximum atomic E-state index is 11.1. The van der Waals surface area contributed by atoms with E-state index in [1.165, 1.54) is 18.5 Å². The first-order chi connectivity index (χ1) is 9.02. The number of nitrogens with one attached hydrogen (secondary N) is 1. The molecule has 1 amide bonds. The number of aromatic nitrogens is 2. The molecule has 0 fully saturated rings. The third-order valence-electron chi connectivity index (χ3n) is 2.37. The Morgan fingerprint density at radius 2 is 2.05 bits per heavy atom. The summed E-state index contributed by atoms with van der Waals surface area (Å²) in [6.07, 6.45) is 5.84. The van der Waals surface area contributed by atoms with E-state index in [0.29, 0.717) is 24.5 Å². The maximum Gasteiger partial charge on any atom is 0.328 e. The van der Waals surface area contributed by atoms with Crippen LogP contribution in [0.25, 0.3) is 6.08 Å². The van der Waals surface area contributed by atoms with E-state index in [0.717, 1.165) is 6.08 Å². The highest BCUT2D eigenvalue weighted by Gasteiger charge is 2.06. The molecular formula is C12H16N4O3. The standard InChI is InChI=1S/C12H16N4O3/c1-13-10(17)5-6-16(2)12-14-7-9(8-15-12)3-4-11(18)19/h3-4,7-8H,5-6H2,1-2H3,(H,13,17)(H,18,19)/b4-3+. The smallest absolute Gasteiger partial charge is 0.328 e. The minimum Gasteiger partial charge on any atom is -0.478 e. The third kappa shape index (κ3) is 5.15. The van der Waals surface area contributed by atoms with Crippen molar-refractivity contribution in [1.29, 1.82) is 0 Å². The molecule has 102 valence electrons. The van der Waals surface area contributed by atoms with Crippen LogP contribution in [0.3, 0.4) is 0 Å². The van der Waals surface area contributed by atoms with Crippen LogP contribution in [0.5, 0.6) is 0 Å². The number of aliphatic carboxylic acids is 1. The second kappa shape index (κ2) is 7.10. The van der Waals surface area contributed by atoms with Crippen molar-refractivity contribution in [2.75, 3.05) is 25.5 Å². The Morgan fingerprint density at radius 3 is 2.58 bits per heavy atom. The number of hydrogen-bond acceptors (Lipinski definition) is 5. The summed E-state index contributed by atoms with van der Waals surface area (Å²) in [6, 6.07) is 0. The lowest BCUT2D eigenvalue weighted by Crippen LogP contribution is -2.27. The molecule has 0 atom stereocenters. The van der Waals surface area contributed by atoms with E-state index in [-0.39, 0.29) is 5.91 Å². The van der Waals surface area contributed by atoms with Gasteiger partial charge in [-0.05, 0) is 6.08 Å². The Bertz CT molecular complexity index is 470. The molecule has 1 heterocycles. The number of carboxylic acid groups (broad SMARTS) is 1. The van der Waals surface area contributed by atoms with E-state index in [4.69, 9.17) is 5.11 Å². The van der Waals surface area contributed by atoms with E-state index < -0.39 is 5.97 Å². The predicted molar refractivity (Wildman–Crippen MR) is 70.7 cm³/mol. The van der Waals surface area contributed by atoms with Crippen LogP contribution in [-0.2, 0) is 9.59 Å². The number of anilines is 1. The second-order valence-electron chi connectivity index (χ2n) is 3.83. The zero-order valence-electron chi connectivity index (χ0n) is 10.8. The molecule has 1 aromatic rings. The molecular weight excluding hydrogens is 248 g/mol. The molecule has 1 rings (SSSR count). The van der Waals surface area contributed by atoms with Gasteiger partial charge >= 0.3 is 5.97 Å². The van der Waals surface area contributed by atoms with E-state index in [1.807, 2.05) is 0 Å². The van der Waals surface area contributed by atoms with E-state index >= 15 is 0 Å². The average molecular weight is 264 g/mol. The second-order valence-corrected chi connectivity index (χ2v) is 3.83. The van der Waals surface area contributed by atoms with Crippen LogP contribution < -0.4 is 10.2 Å². The van der Waals surface area contributed by atoms with Gasteiger partial charge in [0.1, 0.15) is 0 Å². The van der Waals surface area contributed by atoms with Gasteiger partial charge in [-0.25, -0.2) is 14.8 Å². The minimum atomic E-state index is -1.02. The monoisotopic (exact) mass is 264 g/mol. The topological polar surface area (TPSA) is 95.4 Å². The van der Waals surface area contributed by atoms with Crippen molar-refractivity contribution in [3.05, 3.63) is 24.0 Å². The highest BCUT2D eigenvalue weighted by atomic mass is 16.4. The lowest BCUT2D eigenvalue weighted by atomic mass is 10.3. The van der Waals surface area contributed by atoms with Gasteiger partial charge in [0, 0.05) is 51.1 Å². The molecule has 7 heteroatoms. The quantitative estimate of drug-likeness (QED) is 0.710. The summed E-state index contributed by atoms with van der Waals surface area (Å²) in [5, 5.41) is 11.0. The van der Waals surface area contributed by atoms with Crippen molar-refractivity contribution in [3.8, 4) is 0 Å². The van der Waals surface area contributed by atoms with E-state index in [9.17, 15) is 9.59 Å². The predicted octanol–water partition coefficient (Wildman–Crippen LogP) is 0.147. The summed E-state index contributed by atoms with van der Waals surface area (Å²) in [4.78, 5) is 31.4. The molecule has 0 aromatic carbocycles. The highest BCUT2D eigenvalue weighted by Crippen LogP contribution is 2.06. The first-order valence-electron chi connectivity index (χ1n) is 5.67. The fourth-order valence-electron chi connectivity index (χ4n) is 1.28. The minimum absolute atomic E-state index is 0.0483. The van der Waals surface area contributed by atoms with Crippen molar-refractivity contribution in [2.45, 2.75) is 6.42 Å². The van der Waals surface area contributed by atoms with Crippen molar-refractivity contribution >= 4 is 23.9 Å². The van der Waals surface area contributed by atoms with Crippen LogP contribution >= 0.6 is 0 Å². The van der Waals surface area contributed by atoms with Crippen molar-refractivity contribution in [2.24, 2.45) is 0 Å². The van der Waals surface area contributed by atoms with Crippen molar-refractivity contribution in [3.63, 3.8) is 0 Å². The lowest BCUT2D eigenvalue weighted by molar-refractivity contribution is -0.131. The number of hydrogen-bond donors (Lipinski definition) is 2. The SMILES string of the molecule is CNC(=O)CCN(C)c1ncc(/C=C/C(=O)O)cn1.